The molecule has 3 aromatic heterocycles. The van der Waals surface area contributed by atoms with Crippen molar-refractivity contribution in [1.82, 2.24) is 39.5 Å². The van der Waals surface area contributed by atoms with Gasteiger partial charge >= 0.3 is 0 Å². The zero-order chi connectivity index (χ0) is 48.0. The van der Waals surface area contributed by atoms with E-state index in [4.69, 9.17) is 44.8 Å². The van der Waals surface area contributed by atoms with E-state index in [9.17, 15) is 4.79 Å². The Hall–Kier alpha value is -5.65. The number of hydrogen-bond donors (Lipinski definition) is 0. The molecule has 6 aromatic rings. The Balaban J connectivity index is 0.000000194. The highest BCUT2D eigenvalue weighted by Crippen LogP contribution is 2.40. The van der Waals surface area contributed by atoms with Gasteiger partial charge in [0, 0.05) is 54.9 Å². The molecule has 4 fully saturated rings. The maximum atomic E-state index is 12.9. The van der Waals surface area contributed by atoms with Crippen LogP contribution in [0.5, 0.6) is 34.6 Å². The molecule has 0 amide bonds. The summed E-state index contributed by atoms with van der Waals surface area (Å²) in [4.78, 5) is 35.0. The zero-order valence-electron chi connectivity index (χ0n) is 40.4. The lowest BCUT2D eigenvalue weighted by atomic mass is 9.77. The Morgan fingerprint density at radius 3 is 1.75 bits per heavy atom. The van der Waals surface area contributed by atoms with Crippen molar-refractivity contribution in [2.45, 2.75) is 58.8 Å². The van der Waals surface area contributed by atoms with Gasteiger partial charge in [-0.05, 0) is 120 Å². The summed E-state index contributed by atoms with van der Waals surface area (Å²) in [6.45, 7) is 15.5. The molecule has 17 heteroatoms. The Morgan fingerprint density at radius 2 is 1.25 bits per heavy atom. The van der Waals surface area contributed by atoms with Crippen LogP contribution in [0.4, 0.5) is 0 Å². The third-order valence-electron chi connectivity index (χ3n) is 14.1. The highest BCUT2D eigenvalue weighted by atomic mass is 35.5. The number of nitrogens with zero attached hydrogens (tertiary/aromatic N) is 8. The van der Waals surface area contributed by atoms with Gasteiger partial charge in [0.15, 0.2) is 28.8 Å². The maximum absolute atomic E-state index is 12.9. The number of carbonyl (C=O) groups is 1. The van der Waals surface area contributed by atoms with Crippen molar-refractivity contribution in [2.75, 3.05) is 93.1 Å². The molecule has 0 N–H and O–H groups in total. The van der Waals surface area contributed by atoms with Gasteiger partial charge in [-0.3, -0.25) is 9.48 Å². The minimum absolute atomic E-state index is 0.0238. The van der Waals surface area contributed by atoms with Crippen molar-refractivity contribution in [3.8, 4) is 34.6 Å². The molecule has 16 nitrogen and oxygen atoms in total. The van der Waals surface area contributed by atoms with E-state index in [-0.39, 0.29) is 12.2 Å². The summed E-state index contributed by atoms with van der Waals surface area (Å²) in [6, 6.07) is 14.9. The predicted octanol–water partition coefficient (Wildman–Crippen LogP) is 8.26. The molecule has 4 saturated heterocycles. The Bertz CT molecular complexity index is 2740. The van der Waals surface area contributed by atoms with Crippen LogP contribution in [-0.4, -0.2) is 138 Å². The van der Waals surface area contributed by atoms with Gasteiger partial charge in [0.1, 0.15) is 29.3 Å². The maximum Gasteiger partial charge on any atom is 0.230 e. The second-order valence-corrected chi connectivity index (χ2v) is 19.4. The lowest BCUT2D eigenvalue weighted by Crippen LogP contribution is -2.51. The molecule has 69 heavy (non-hydrogen) atoms. The molecular weight excluding hydrogens is 900 g/mol. The number of aryl methyl sites for hydroxylation is 3. The molecule has 4 aliphatic heterocycles. The van der Waals surface area contributed by atoms with Crippen molar-refractivity contribution in [2.24, 2.45) is 17.9 Å². The fraction of sp³-hybridized carbons (Fsp3) is 0.500. The average Bonchev–Trinajstić information content (AvgIpc) is 3.69. The average molecular weight is 964 g/mol. The number of aromatic nitrogens is 6. The lowest BCUT2D eigenvalue weighted by molar-refractivity contribution is -0.139. The van der Waals surface area contributed by atoms with Gasteiger partial charge in [0.25, 0.3) is 0 Å². The number of halogens is 1. The highest BCUT2D eigenvalue weighted by molar-refractivity contribution is 6.34. The van der Waals surface area contributed by atoms with Crippen molar-refractivity contribution in [3.63, 3.8) is 0 Å². The van der Waals surface area contributed by atoms with Gasteiger partial charge in [-0.1, -0.05) is 17.7 Å². The summed E-state index contributed by atoms with van der Waals surface area (Å²) in [7, 11) is 5.04. The topological polar surface area (TPSA) is 158 Å². The molecule has 366 valence electrons. The number of rotatable bonds is 17. The minimum Gasteiger partial charge on any atom is -0.493 e. The second-order valence-electron chi connectivity index (χ2n) is 19.0. The van der Waals surface area contributed by atoms with Gasteiger partial charge in [0.2, 0.25) is 5.88 Å². The number of carbonyl (C=O) groups excluding carboxylic acids is 1. The first kappa shape index (κ1) is 48.4. The van der Waals surface area contributed by atoms with Gasteiger partial charge in [0.05, 0.1) is 76.0 Å². The number of benzene rings is 3. The Morgan fingerprint density at radius 1 is 0.696 bits per heavy atom. The van der Waals surface area contributed by atoms with Crippen LogP contribution in [-0.2, 0) is 22.9 Å². The van der Waals surface area contributed by atoms with Gasteiger partial charge < -0.3 is 43.0 Å². The van der Waals surface area contributed by atoms with Crippen LogP contribution in [0.25, 0.3) is 21.8 Å². The molecule has 0 saturated carbocycles. The van der Waals surface area contributed by atoms with Crippen molar-refractivity contribution >= 4 is 39.2 Å². The number of ketones is 1. The second kappa shape index (κ2) is 21.6. The molecular formula is C52H63ClN8O8. The largest absolute Gasteiger partial charge is 0.493 e. The van der Waals surface area contributed by atoms with Gasteiger partial charge in [-0.25, -0.2) is 19.9 Å². The molecule has 3 aromatic carbocycles. The van der Waals surface area contributed by atoms with Crippen LogP contribution < -0.4 is 23.7 Å². The van der Waals surface area contributed by atoms with Crippen LogP contribution in [0.15, 0.2) is 61.2 Å². The zero-order valence-corrected chi connectivity index (χ0v) is 41.2. The van der Waals surface area contributed by atoms with Gasteiger partial charge in [-0.15, -0.1) is 0 Å². The standard InChI is InChI=1S/C33H39N5O5.C19H24ClN3O3/c1-22-14-25(7-6-24(22)16-29(39)28-15-23(2)36-37(28)3)43-32-26-17-30(40-4)31(18-27(26)34-21-35-32)42-13-5-10-38-11-8-33(9-12-38)19-41-20-33;1-24-16-9-14-15(21-13-22-18(14)20)10-17(16)26-8-2-5-23-6-3-19(4-7-23)11-25-12-19/h6-7,14-15,17-18,21H,5,8-13,16,19-20H2,1-4H3;9-10,13H,2-8,11-12H2,1H3. The molecule has 0 bridgehead atoms. The van der Waals surface area contributed by atoms with E-state index in [0.29, 0.717) is 75.0 Å². The lowest BCUT2D eigenvalue weighted by Gasteiger charge is -2.47. The highest BCUT2D eigenvalue weighted by Gasteiger charge is 2.42. The van der Waals surface area contributed by atoms with E-state index < -0.39 is 0 Å². The van der Waals surface area contributed by atoms with Crippen molar-refractivity contribution in [3.05, 3.63) is 88.9 Å². The fourth-order valence-electron chi connectivity index (χ4n) is 9.68. The summed E-state index contributed by atoms with van der Waals surface area (Å²) in [5, 5.41) is 6.19. The molecule has 0 aliphatic carbocycles. The molecule has 7 heterocycles. The van der Waals surface area contributed by atoms with Crippen molar-refractivity contribution in [1.29, 1.82) is 0 Å². The number of piperidine rings is 2. The summed E-state index contributed by atoms with van der Waals surface area (Å²) >= 11 is 6.13. The number of ether oxygens (including phenoxy) is 7. The van der Waals surface area contributed by atoms with Crippen LogP contribution >= 0.6 is 11.6 Å². The summed E-state index contributed by atoms with van der Waals surface area (Å²) < 4.78 is 41.9. The van der Waals surface area contributed by atoms with E-state index in [1.165, 1.54) is 38.3 Å². The van der Waals surface area contributed by atoms with Crippen LogP contribution in [0, 0.1) is 24.7 Å². The summed E-state index contributed by atoms with van der Waals surface area (Å²) in [5.74, 6) is 3.67. The predicted molar refractivity (Wildman–Crippen MR) is 262 cm³/mol. The molecule has 0 radical (unpaired) electrons. The molecule has 4 aliphatic rings. The summed E-state index contributed by atoms with van der Waals surface area (Å²) in [5.41, 5.74) is 5.72. The van der Waals surface area contributed by atoms with E-state index in [1.54, 1.807) is 25.9 Å². The van der Waals surface area contributed by atoms with Crippen LogP contribution in [0.1, 0.15) is 65.8 Å². The van der Waals surface area contributed by atoms with E-state index >= 15 is 0 Å². The normalized spacial score (nSPS) is 17.5. The molecule has 0 unspecified atom stereocenters. The van der Waals surface area contributed by atoms with Crippen molar-refractivity contribution < 1.29 is 38.0 Å². The summed E-state index contributed by atoms with van der Waals surface area (Å²) in [6.07, 6.45) is 10.1. The molecule has 0 atom stereocenters. The van der Waals surface area contributed by atoms with E-state index in [0.717, 1.165) is 112 Å². The molecule has 2 spiro atoms. The SMILES string of the molecule is COc1cc2c(Cl)ncnc2cc1OCCCN1CCC2(CC1)COC2.COc1cc2c(Oc3ccc(CC(=O)c4cc(C)nn4C)c(C)c3)ncnc2cc1OCCCN1CCC2(CC1)COC2. The van der Waals surface area contributed by atoms with E-state index in [1.807, 2.05) is 62.4 Å². The number of methoxy groups -OCH3 is 2. The minimum atomic E-state index is 0.0238. The monoisotopic (exact) mass is 962 g/mol. The third kappa shape index (κ3) is 11.4. The quantitative estimate of drug-likeness (QED) is 0.0489. The first-order chi connectivity index (χ1) is 33.5. The van der Waals surface area contributed by atoms with Crippen LogP contribution in [0.2, 0.25) is 5.15 Å². The van der Waals surface area contributed by atoms with Gasteiger partial charge in [-0.2, -0.15) is 5.10 Å². The first-order valence-corrected chi connectivity index (χ1v) is 24.4. The fourth-order valence-corrected chi connectivity index (χ4v) is 9.87. The third-order valence-corrected chi connectivity index (χ3v) is 14.4. The number of hydrogen-bond acceptors (Lipinski definition) is 15. The first-order valence-electron chi connectivity index (χ1n) is 24.0. The Kier molecular flexibility index (Phi) is 15.1. The van der Waals surface area contributed by atoms with Crippen LogP contribution in [0.3, 0.4) is 0 Å². The number of fused-ring (bicyclic) bond motifs is 2. The smallest absolute Gasteiger partial charge is 0.230 e. The number of Topliss-reactive ketones (excluding diaryl/α,β-unsaturated/α-hetero) is 1. The molecule has 10 rings (SSSR count). The van der Waals surface area contributed by atoms with E-state index in [2.05, 4.69) is 34.8 Å². The number of likely N-dealkylation sites (tertiary alicyclic amines) is 2. The Labute approximate surface area is 408 Å².